The Balaban J connectivity index is 1.77. The molecule has 1 aliphatic rings. The molecule has 15 heavy (non-hydrogen) atoms. The Morgan fingerprint density at radius 2 is 2.40 bits per heavy atom. The highest BCUT2D eigenvalue weighted by atomic mass is 16.5. The fraction of sp³-hybridized carbons (Fsp3) is 0.727. The third kappa shape index (κ3) is 2.58. The van der Waals surface area contributed by atoms with Gasteiger partial charge in [0, 0.05) is 11.6 Å². The largest absolute Gasteiger partial charge is 0.375 e. The fourth-order valence-electron chi connectivity index (χ4n) is 1.91. The molecule has 1 aromatic rings. The van der Waals surface area contributed by atoms with E-state index < -0.39 is 0 Å². The minimum Gasteiger partial charge on any atom is -0.375 e. The molecule has 0 aromatic carbocycles. The van der Waals surface area contributed by atoms with Gasteiger partial charge in [-0.1, -0.05) is 5.16 Å². The number of nitrogens with zero attached hydrogens (tertiary/aromatic N) is 1. The molecule has 0 spiro atoms. The molecule has 0 amide bonds. The Morgan fingerprint density at radius 1 is 1.53 bits per heavy atom. The molecule has 1 atom stereocenters. The summed E-state index contributed by atoms with van der Waals surface area (Å²) in [6.45, 7) is 6.39. The molecule has 0 radical (unpaired) electrons. The van der Waals surface area contributed by atoms with Crippen LogP contribution in [0.25, 0.3) is 0 Å². The van der Waals surface area contributed by atoms with Crippen molar-refractivity contribution in [3.05, 3.63) is 17.0 Å². The van der Waals surface area contributed by atoms with Crippen LogP contribution in [0, 0.1) is 13.8 Å². The topological polar surface area (TPSA) is 47.3 Å². The molecule has 0 aliphatic carbocycles. The summed E-state index contributed by atoms with van der Waals surface area (Å²) < 4.78 is 10.7. The number of hydrogen-bond acceptors (Lipinski definition) is 4. The first kappa shape index (κ1) is 10.6. The van der Waals surface area contributed by atoms with Gasteiger partial charge in [-0.05, 0) is 33.2 Å². The molecule has 1 saturated heterocycles. The Hall–Kier alpha value is -0.870. The Labute approximate surface area is 90.0 Å². The van der Waals surface area contributed by atoms with E-state index in [0.717, 1.165) is 30.2 Å². The van der Waals surface area contributed by atoms with E-state index in [9.17, 15) is 0 Å². The van der Waals surface area contributed by atoms with Gasteiger partial charge in [-0.25, -0.2) is 0 Å². The Kier molecular flexibility index (Phi) is 3.38. The quantitative estimate of drug-likeness (QED) is 0.819. The van der Waals surface area contributed by atoms with Crippen LogP contribution >= 0.6 is 0 Å². The van der Waals surface area contributed by atoms with Crippen molar-refractivity contribution in [3.8, 4) is 0 Å². The van der Waals surface area contributed by atoms with E-state index in [0.29, 0.717) is 12.6 Å². The van der Waals surface area contributed by atoms with Crippen LogP contribution in [0.15, 0.2) is 4.52 Å². The standard InChI is InChI=1S/C11H18N2O2/c1-8-11(9(2)15-13-8)7-14-6-10-4-3-5-12-10/h10,12H,3-7H2,1-2H3. The Bertz CT molecular complexity index is 297. The summed E-state index contributed by atoms with van der Waals surface area (Å²) in [6.07, 6.45) is 2.49. The van der Waals surface area contributed by atoms with E-state index in [2.05, 4.69) is 10.5 Å². The number of nitrogens with one attached hydrogen (secondary N) is 1. The first-order chi connectivity index (χ1) is 7.27. The van der Waals surface area contributed by atoms with Gasteiger partial charge in [0.25, 0.3) is 0 Å². The van der Waals surface area contributed by atoms with Gasteiger partial charge in [0.05, 0.1) is 18.9 Å². The second-order valence-electron chi connectivity index (χ2n) is 4.11. The summed E-state index contributed by atoms with van der Waals surface area (Å²) in [4.78, 5) is 0. The van der Waals surface area contributed by atoms with Gasteiger partial charge in [-0.15, -0.1) is 0 Å². The fourth-order valence-corrected chi connectivity index (χ4v) is 1.91. The molecule has 1 fully saturated rings. The summed E-state index contributed by atoms with van der Waals surface area (Å²) in [7, 11) is 0. The molecule has 2 rings (SSSR count). The molecule has 0 saturated carbocycles. The maximum atomic E-state index is 5.66. The van der Waals surface area contributed by atoms with Crippen LogP contribution < -0.4 is 5.32 Å². The molecular formula is C11H18N2O2. The molecule has 84 valence electrons. The highest BCUT2D eigenvalue weighted by molar-refractivity contribution is 5.19. The smallest absolute Gasteiger partial charge is 0.139 e. The predicted octanol–water partition coefficient (Wildman–Crippen LogP) is 1.56. The zero-order chi connectivity index (χ0) is 10.7. The van der Waals surface area contributed by atoms with E-state index in [1.54, 1.807) is 0 Å². The number of rotatable bonds is 4. The first-order valence-electron chi connectivity index (χ1n) is 5.50. The molecular weight excluding hydrogens is 192 g/mol. The minimum atomic E-state index is 0.533. The van der Waals surface area contributed by atoms with Gasteiger partial charge < -0.3 is 14.6 Å². The third-order valence-electron chi connectivity index (χ3n) is 2.91. The lowest BCUT2D eigenvalue weighted by atomic mass is 10.2. The van der Waals surface area contributed by atoms with Crippen molar-refractivity contribution < 1.29 is 9.26 Å². The molecule has 4 nitrogen and oxygen atoms in total. The van der Waals surface area contributed by atoms with E-state index in [4.69, 9.17) is 9.26 Å². The van der Waals surface area contributed by atoms with E-state index in [1.165, 1.54) is 12.8 Å². The van der Waals surface area contributed by atoms with Crippen LogP contribution in [0.2, 0.25) is 0 Å². The lowest BCUT2D eigenvalue weighted by Gasteiger charge is -2.10. The lowest BCUT2D eigenvalue weighted by molar-refractivity contribution is 0.102. The average molecular weight is 210 g/mol. The third-order valence-corrected chi connectivity index (χ3v) is 2.91. The predicted molar refractivity (Wildman–Crippen MR) is 56.7 cm³/mol. The zero-order valence-electron chi connectivity index (χ0n) is 9.38. The monoisotopic (exact) mass is 210 g/mol. The highest BCUT2D eigenvalue weighted by Crippen LogP contribution is 2.14. The zero-order valence-corrected chi connectivity index (χ0v) is 9.38. The van der Waals surface area contributed by atoms with Crippen LogP contribution in [0.1, 0.15) is 29.9 Å². The van der Waals surface area contributed by atoms with Crippen LogP contribution in [-0.2, 0) is 11.3 Å². The number of ether oxygens (including phenoxy) is 1. The summed E-state index contributed by atoms with van der Waals surface area (Å²) in [5.74, 6) is 0.867. The average Bonchev–Trinajstić information content (AvgIpc) is 2.82. The molecule has 4 heteroatoms. The van der Waals surface area contributed by atoms with Crippen LogP contribution in [0.3, 0.4) is 0 Å². The first-order valence-corrected chi connectivity index (χ1v) is 5.50. The van der Waals surface area contributed by atoms with Crippen molar-refractivity contribution in [2.45, 2.75) is 39.3 Å². The Morgan fingerprint density at radius 3 is 3.00 bits per heavy atom. The van der Waals surface area contributed by atoms with Gasteiger partial charge in [-0.2, -0.15) is 0 Å². The van der Waals surface area contributed by atoms with Crippen LogP contribution in [0.5, 0.6) is 0 Å². The molecule has 1 aliphatic heterocycles. The summed E-state index contributed by atoms with van der Waals surface area (Å²) in [5, 5.41) is 7.30. The van der Waals surface area contributed by atoms with Crippen molar-refractivity contribution >= 4 is 0 Å². The molecule has 1 N–H and O–H groups in total. The van der Waals surface area contributed by atoms with E-state index in [1.807, 2.05) is 13.8 Å². The maximum Gasteiger partial charge on any atom is 0.139 e. The van der Waals surface area contributed by atoms with Crippen LogP contribution in [0.4, 0.5) is 0 Å². The summed E-state index contributed by atoms with van der Waals surface area (Å²) in [6, 6.07) is 0.533. The summed E-state index contributed by atoms with van der Waals surface area (Å²) >= 11 is 0. The molecule has 1 unspecified atom stereocenters. The van der Waals surface area contributed by atoms with Gasteiger partial charge >= 0.3 is 0 Å². The van der Waals surface area contributed by atoms with Crippen molar-refractivity contribution in [2.24, 2.45) is 0 Å². The van der Waals surface area contributed by atoms with E-state index in [-0.39, 0.29) is 0 Å². The highest BCUT2D eigenvalue weighted by Gasteiger charge is 2.15. The van der Waals surface area contributed by atoms with Crippen LogP contribution in [-0.4, -0.2) is 24.4 Å². The van der Waals surface area contributed by atoms with Gasteiger partial charge in [0.15, 0.2) is 0 Å². The second-order valence-corrected chi connectivity index (χ2v) is 4.11. The normalized spacial score (nSPS) is 21.1. The van der Waals surface area contributed by atoms with Crippen molar-refractivity contribution in [3.63, 3.8) is 0 Å². The van der Waals surface area contributed by atoms with Gasteiger partial charge in [0.1, 0.15) is 5.76 Å². The number of aromatic nitrogens is 1. The molecule has 1 aromatic heterocycles. The SMILES string of the molecule is Cc1noc(C)c1COCC1CCCN1. The van der Waals surface area contributed by atoms with Crippen molar-refractivity contribution in [2.75, 3.05) is 13.2 Å². The van der Waals surface area contributed by atoms with E-state index >= 15 is 0 Å². The molecule has 0 bridgehead atoms. The van der Waals surface area contributed by atoms with Gasteiger partial charge in [-0.3, -0.25) is 0 Å². The van der Waals surface area contributed by atoms with Gasteiger partial charge in [0.2, 0.25) is 0 Å². The molecule has 2 heterocycles. The minimum absolute atomic E-state index is 0.533. The lowest BCUT2D eigenvalue weighted by Crippen LogP contribution is -2.26. The second kappa shape index (κ2) is 4.77. The maximum absolute atomic E-state index is 5.66. The number of aryl methyl sites for hydroxylation is 2. The van der Waals surface area contributed by atoms with Crippen molar-refractivity contribution in [1.82, 2.24) is 10.5 Å². The summed E-state index contributed by atoms with van der Waals surface area (Å²) in [5.41, 5.74) is 2.03. The number of hydrogen-bond donors (Lipinski definition) is 1. The van der Waals surface area contributed by atoms with Crippen molar-refractivity contribution in [1.29, 1.82) is 0 Å².